The molecule has 1 saturated carbocycles. The zero-order valence-electron chi connectivity index (χ0n) is 14.1. The number of ether oxygens (including phenoxy) is 2. The molecule has 0 aromatic heterocycles. The van der Waals surface area contributed by atoms with Gasteiger partial charge in [0.15, 0.2) is 0 Å². The van der Waals surface area contributed by atoms with Crippen molar-refractivity contribution in [2.24, 2.45) is 17.8 Å². The Morgan fingerprint density at radius 1 is 1.04 bits per heavy atom. The summed E-state index contributed by atoms with van der Waals surface area (Å²) < 4.78 is 10.8. The van der Waals surface area contributed by atoms with Gasteiger partial charge in [-0.3, -0.25) is 0 Å². The fraction of sp³-hybridized carbons (Fsp3) is 0.524. The summed E-state index contributed by atoms with van der Waals surface area (Å²) in [5.74, 6) is 5.04. The molecule has 4 rings (SSSR count). The van der Waals surface area contributed by atoms with E-state index in [0.29, 0.717) is 5.92 Å². The summed E-state index contributed by atoms with van der Waals surface area (Å²) in [6.45, 7) is 0. The molecule has 2 heteroatoms. The molecule has 23 heavy (non-hydrogen) atoms. The molecular formula is C21H26O2. The van der Waals surface area contributed by atoms with Gasteiger partial charge in [-0.25, -0.2) is 0 Å². The molecule has 0 radical (unpaired) electrons. The van der Waals surface area contributed by atoms with Crippen LogP contribution in [0.2, 0.25) is 0 Å². The van der Waals surface area contributed by atoms with E-state index in [2.05, 4.69) is 36.4 Å². The van der Waals surface area contributed by atoms with Crippen molar-refractivity contribution in [1.82, 2.24) is 0 Å². The third kappa shape index (κ3) is 2.58. The van der Waals surface area contributed by atoms with Crippen molar-refractivity contribution in [3.05, 3.63) is 53.3 Å². The lowest BCUT2D eigenvalue weighted by molar-refractivity contribution is 0.220. The molecule has 0 aliphatic heterocycles. The summed E-state index contributed by atoms with van der Waals surface area (Å²) in [6, 6.07) is 6.73. The van der Waals surface area contributed by atoms with Crippen molar-refractivity contribution >= 4 is 0 Å². The molecule has 0 N–H and O–H groups in total. The van der Waals surface area contributed by atoms with Crippen molar-refractivity contribution in [2.45, 2.75) is 38.0 Å². The Kier molecular flexibility index (Phi) is 3.92. The summed E-state index contributed by atoms with van der Waals surface area (Å²) in [5.41, 5.74) is 3.12. The van der Waals surface area contributed by atoms with E-state index in [1.165, 1.54) is 25.7 Å². The first kappa shape index (κ1) is 14.9. The van der Waals surface area contributed by atoms with Crippen LogP contribution in [0.4, 0.5) is 0 Å². The lowest BCUT2D eigenvalue weighted by Gasteiger charge is -2.40. The van der Waals surface area contributed by atoms with Gasteiger partial charge < -0.3 is 9.47 Å². The summed E-state index contributed by atoms with van der Waals surface area (Å²) >= 11 is 0. The van der Waals surface area contributed by atoms with E-state index in [4.69, 9.17) is 9.47 Å². The Hall–Kier alpha value is -1.70. The van der Waals surface area contributed by atoms with Crippen molar-refractivity contribution in [2.75, 3.05) is 14.2 Å². The number of hydrogen-bond donors (Lipinski definition) is 0. The lowest BCUT2D eigenvalue weighted by atomic mass is 9.65. The zero-order chi connectivity index (χ0) is 15.8. The molecule has 3 aliphatic rings. The Bertz CT molecular complexity index is 643. The number of allylic oxidation sites excluding steroid dienone is 3. The Labute approximate surface area is 139 Å². The SMILES string of the molecule is COC1=CCC([C@@H]2Cc3ccc(OC)cc3[C@@H]3CCC[C@@H]32)C=C1. The minimum absolute atomic E-state index is 0.662. The van der Waals surface area contributed by atoms with E-state index >= 15 is 0 Å². The van der Waals surface area contributed by atoms with E-state index < -0.39 is 0 Å². The summed E-state index contributed by atoms with van der Waals surface area (Å²) in [5, 5.41) is 0. The van der Waals surface area contributed by atoms with Gasteiger partial charge in [0.05, 0.1) is 14.2 Å². The lowest BCUT2D eigenvalue weighted by Crippen LogP contribution is -2.31. The van der Waals surface area contributed by atoms with Crippen LogP contribution in [0.1, 0.15) is 42.7 Å². The van der Waals surface area contributed by atoms with Crippen molar-refractivity contribution in [3.63, 3.8) is 0 Å². The van der Waals surface area contributed by atoms with Crippen LogP contribution >= 0.6 is 0 Å². The summed E-state index contributed by atoms with van der Waals surface area (Å²) in [4.78, 5) is 0. The van der Waals surface area contributed by atoms with Crippen molar-refractivity contribution in [3.8, 4) is 5.75 Å². The topological polar surface area (TPSA) is 18.5 Å². The van der Waals surface area contributed by atoms with Crippen LogP contribution in [-0.4, -0.2) is 14.2 Å². The fourth-order valence-electron chi connectivity index (χ4n) is 5.08. The van der Waals surface area contributed by atoms with Gasteiger partial charge in [0.1, 0.15) is 11.5 Å². The monoisotopic (exact) mass is 310 g/mol. The fourth-order valence-corrected chi connectivity index (χ4v) is 5.08. The first-order valence-electron chi connectivity index (χ1n) is 8.89. The molecule has 1 fully saturated rings. The van der Waals surface area contributed by atoms with Gasteiger partial charge in [0.25, 0.3) is 0 Å². The number of hydrogen-bond acceptors (Lipinski definition) is 2. The standard InChI is InChI=1S/C21H26O2/c1-22-16-9-6-14(7-10-16)20-12-15-8-11-17(23-2)13-21(15)19-5-3-4-18(19)20/h6,8-11,13-14,18-20H,3-5,7,12H2,1-2H3/t14?,18-,19+,20-/m0/s1. The Morgan fingerprint density at radius 3 is 2.70 bits per heavy atom. The van der Waals surface area contributed by atoms with Gasteiger partial charge in [-0.1, -0.05) is 18.6 Å². The average Bonchev–Trinajstić information content (AvgIpc) is 3.11. The molecule has 0 heterocycles. The van der Waals surface area contributed by atoms with Crippen LogP contribution in [0, 0.1) is 17.8 Å². The molecule has 122 valence electrons. The Balaban J connectivity index is 1.63. The Morgan fingerprint density at radius 2 is 1.96 bits per heavy atom. The second kappa shape index (κ2) is 6.07. The molecule has 1 unspecified atom stereocenters. The molecule has 4 atom stereocenters. The third-order valence-electron chi connectivity index (χ3n) is 6.21. The van der Waals surface area contributed by atoms with Crippen LogP contribution in [-0.2, 0) is 11.2 Å². The van der Waals surface area contributed by atoms with E-state index in [1.807, 2.05) is 0 Å². The highest BCUT2D eigenvalue weighted by atomic mass is 16.5. The minimum Gasteiger partial charge on any atom is -0.497 e. The van der Waals surface area contributed by atoms with Crippen LogP contribution in [0.15, 0.2) is 42.2 Å². The first-order valence-corrected chi connectivity index (χ1v) is 8.89. The maximum Gasteiger partial charge on any atom is 0.119 e. The normalized spacial score (nSPS) is 32.0. The molecule has 1 aromatic rings. The summed E-state index contributed by atoms with van der Waals surface area (Å²) in [6.07, 6.45) is 13.3. The number of rotatable bonds is 3. The van der Waals surface area contributed by atoms with Gasteiger partial charge >= 0.3 is 0 Å². The third-order valence-corrected chi connectivity index (χ3v) is 6.21. The molecule has 3 aliphatic carbocycles. The molecule has 0 spiro atoms. The van der Waals surface area contributed by atoms with Gasteiger partial charge in [-0.2, -0.15) is 0 Å². The van der Waals surface area contributed by atoms with Gasteiger partial charge in [0, 0.05) is 0 Å². The zero-order valence-corrected chi connectivity index (χ0v) is 14.1. The van der Waals surface area contributed by atoms with E-state index in [9.17, 15) is 0 Å². The van der Waals surface area contributed by atoms with E-state index in [0.717, 1.165) is 35.7 Å². The van der Waals surface area contributed by atoms with Crippen LogP contribution in [0.25, 0.3) is 0 Å². The van der Waals surface area contributed by atoms with E-state index in [1.54, 1.807) is 25.3 Å². The molecule has 0 amide bonds. The predicted molar refractivity (Wildman–Crippen MR) is 92.6 cm³/mol. The predicted octanol–water partition coefficient (Wildman–Crippen LogP) is 4.86. The van der Waals surface area contributed by atoms with Gasteiger partial charge in [0.2, 0.25) is 0 Å². The second-order valence-electron chi connectivity index (χ2n) is 7.20. The average molecular weight is 310 g/mol. The molecule has 0 saturated heterocycles. The van der Waals surface area contributed by atoms with E-state index in [-0.39, 0.29) is 0 Å². The maximum absolute atomic E-state index is 5.46. The number of benzene rings is 1. The van der Waals surface area contributed by atoms with Crippen molar-refractivity contribution < 1.29 is 9.47 Å². The first-order chi connectivity index (χ1) is 11.3. The smallest absolute Gasteiger partial charge is 0.119 e. The highest BCUT2D eigenvalue weighted by Crippen LogP contribution is 2.53. The second-order valence-corrected chi connectivity index (χ2v) is 7.20. The maximum atomic E-state index is 5.46. The highest BCUT2D eigenvalue weighted by Gasteiger charge is 2.42. The van der Waals surface area contributed by atoms with Crippen LogP contribution in [0.5, 0.6) is 5.75 Å². The van der Waals surface area contributed by atoms with Gasteiger partial charge in [-0.05, 0) is 84.8 Å². The van der Waals surface area contributed by atoms with Crippen LogP contribution in [0.3, 0.4) is 0 Å². The summed E-state index contributed by atoms with van der Waals surface area (Å²) in [7, 11) is 3.53. The molecule has 2 nitrogen and oxygen atoms in total. The molecule has 0 bridgehead atoms. The highest BCUT2D eigenvalue weighted by molar-refractivity contribution is 5.41. The van der Waals surface area contributed by atoms with Gasteiger partial charge in [-0.15, -0.1) is 0 Å². The van der Waals surface area contributed by atoms with Crippen LogP contribution < -0.4 is 4.74 Å². The van der Waals surface area contributed by atoms with Crippen molar-refractivity contribution in [1.29, 1.82) is 0 Å². The molecule has 1 aromatic carbocycles. The number of fused-ring (bicyclic) bond motifs is 3. The number of methoxy groups -OCH3 is 2. The molecular weight excluding hydrogens is 284 g/mol. The quantitative estimate of drug-likeness (QED) is 0.794. The minimum atomic E-state index is 0.662. The largest absolute Gasteiger partial charge is 0.497 e.